The number of nitriles is 1. The lowest BCUT2D eigenvalue weighted by Gasteiger charge is -2.07. The van der Waals surface area contributed by atoms with E-state index in [0.29, 0.717) is 22.0 Å². The molecular weight excluding hydrogens is 380 g/mol. The first-order valence-corrected chi connectivity index (χ1v) is 7.73. The fraction of sp³-hybridized carbons (Fsp3) is 0.0588. The van der Waals surface area contributed by atoms with Gasteiger partial charge in [-0.2, -0.15) is 5.26 Å². The second-order valence-electron chi connectivity index (χ2n) is 4.50. The predicted octanol–water partition coefficient (Wildman–Crippen LogP) is 4.66. The fourth-order valence-corrected chi connectivity index (χ4v) is 2.49. The molecule has 1 amide bonds. The molecule has 4 nitrogen and oxygen atoms in total. The third-order valence-electron chi connectivity index (χ3n) is 2.97. The van der Waals surface area contributed by atoms with Gasteiger partial charge in [0.15, 0.2) is 0 Å². The van der Waals surface area contributed by atoms with E-state index < -0.39 is 5.91 Å². The first kappa shape index (κ1) is 17.1. The van der Waals surface area contributed by atoms with Crippen LogP contribution in [0.5, 0.6) is 5.75 Å². The van der Waals surface area contributed by atoms with E-state index in [1.807, 2.05) is 12.1 Å². The van der Waals surface area contributed by atoms with E-state index in [1.165, 1.54) is 13.2 Å². The van der Waals surface area contributed by atoms with Crippen LogP contribution in [0.2, 0.25) is 5.02 Å². The molecular formula is C17H12BrClN2O2. The molecule has 0 radical (unpaired) electrons. The summed E-state index contributed by atoms with van der Waals surface area (Å²) in [6, 6.07) is 14.1. The molecule has 0 saturated carbocycles. The van der Waals surface area contributed by atoms with Crippen LogP contribution in [0.25, 0.3) is 6.08 Å². The number of methoxy groups -OCH3 is 1. The maximum atomic E-state index is 12.2. The maximum absolute atomic E-state index is 12.2. The molecule has 0 aliphatic rings. The van der Waals surface area contributed by atoms with Gasteiger partial charge in [0.2, 0.25) is 0 Å². The molecule has 0 heterocycles. The van der Waals surface area contributed by atoms with E-state index in [1.54, 1.807) is 36.4 Å². The maximum Gasteiger partial charge on any atom is 0.266 e. The minimum absolute atomic E-state index is 0.0259. The van der Waals surface area contributed by atoms with E-state index in [2.05, 4.69) is 21.2 Å². The van der Waals surface area contributed by atoms with Crippen molar-refractivity contribution in [3.05, 3.63) is 63.1 Å². The Morgan fingerprint density at radius 1 is 1.35 bits per heavy atom. The number of ether oxygens (including phenoxy) is 1. The van der Waals surface area contributed by atoms with Crippen LogP contribution < -0.4 is 10.1 Å². The summed E-state index contributed by atoms with van der Waals surface area (Å²) in [5.74, 6) is 0.0336. The van der Waals surface area contributed by atoms with Crippen molar-refractivity contribution in [2.75, 3.05) is 12.4 Å². The molecule has 1 N–H and O–H groups in total. The van der Waals surface area contributed by atoms with E-state index in [9.17, 15) is 10.1 Å². The number of anilines is 1. The van der Waals surface area contributed by atoms with Crippen LogP contribution in [-0.4, -0.2) is 13.0 Å². The highest BCUT2D eigenvalue weighted by Crippen LogP contribution is 2.26. The van der Waals surface area contributed by atoms with Gasteiger partial charge in [-0.05, 0) is 51.8 Å². The highest BCUT2D eigenvalue weighted by molar-refractivity contribution is 9.10. The molecule has 2 aromatic carbocycles. The van der Waals surface area contributed by atoms with Crippen molar-refractivity contribution < 1.29 is 9.53 Å². The van der Waals surface area contributed by atoms with E-state index in [-0.39, 0.29) is 5.57 Å². The SMILES string of the molecule is COc1ccc(/C=C(/C#N)C(=O)Nc2ccccc2Br)cc1Cl. The Labute approximate surface area is 147 Å². The second kappa shape index (κ2) is 7.82. The standard InChI is InChI=1S/C17H12BrClN2O2/c1-23-16-7-6-11(9-14(16)19)8-12(10-20)17(22)21-15-5-3-2-4-13(15)18/h2-9H,1H3,(H,21,22)/b12-8-. The zero-order valence-corrected chi connectivity index (χ0v) is 14.5. The van der Waals surface area contributed by atoms with Gasteiger partial charge in [0.1, 0.15) is 17.4 Å². The molecule has 0 atom stereocenters. The summed E-state index contributed by atoms with van der Waals surface area (Å²) in [5.41, 5.74) is 1.20. The molecule has 116 valence electrons. The van der Waals surface area contributed by atoms with Gasteiger partial charge in [-0.1, -0.05) is 29.8 Å². The van der Waals surface area contributed by atoms with Gasteiger partial charge in [-0.15, -0.1) is 0 Å². The van der Waals surface area contributed by atoms with E-state index >= 15 is 0 Å². The monoisotopic (exact) mass is 390 g/mol. The lowest BCUT2D eigenvalue weighted by atomic mass is 10.1. The van der Waals surface area contributed by atoms with Crippen molar-refractivity contribution in [3.63, 3.8) is 0 Å². The van der Waals surface area contributed by atoms with Gasteiger partial charge in [0.25, 0.3) is 5.91 Å². The number of carbonyl (C=O) groups is 1. The van der Waals surface area contributed by atoms with Crippen LogP contribution in [-0.2, 0) is 4.79 Å². The van der Waals surface area contributed by atoms with Crippen LogP contribution in [0, 0.1) is 11.3 Å². The zero-order chi connectivity index (χ0) is 16.8. The number of nitrogens with one attached hydrogen (secondary N) is 1. The van der Waals surface area contributed by atoms with Crippen LogP contribution in [0.4, 0.5) is 5.69 Å². The van der Waals surface area contributed by atoms with E-state index in [4.69, 9.17) is 16.3 Å². The first-order chi connectivity index (χ1) is 11.0. The van der Waals surface area contributed by atoms with Crippen LogP contribution in [0.3, 0.4) is 0 Å². The number of hydrogen-bond acceptors (Lipinski definition) is 3. The molecule has 0 fully saturated rings. The first-order valence-electron chi connectivity index (χ1n) is 6.56. The zero-order valence-electron chi connectivity index (χ0n) is 12.1. The Morgan fingerprint density at radius 3 is 2.70 bits per heavy atom. The van der Waals surface area contributed by atoms with Gasteiger partial charge in [0.05, 0.1) is 17.8 Å². The summed E-state index contributed by atoms with van der Waals surface area (Å²) < 4.78 is 5.80. The number of halogens is 2. The van der Waals surface area contributed by atoms with Crippen molar-refractivity contribution in [3.8, 4) is 11.8 Å². The van der Waals surface area contributed by atoms with Gasteiger partial charge >= 0.3 is 0 Å². The average Bonchev–Trinajstić information content (AvgIpc) is 2.54. The van der Waals surface area contributed by atoms with Gasteiger partial charge in [-0.3, -0.25) is 4.79 Å². The van der Waals surface area contributed by atoms with Gasteiger partial charge in [0, 0.05) is 4.47 Å². The van der Waals surface area contributed by atoms with Crippen LogP contribution in [0.1, 0.15) is 5.56 Å². The molecule has 0 saturated heterocycles. The largest absolute Gasteiger partial charge is 0.495 e. The lowest BCUT2D eigenvalue weighted by Crippen LogP contribution is -2.13. The number of rotatable bonds is 4. The van der Waals surface area contributed by atoms with Crippen LogP contribution >= 0.6 is 27.5 Å². The normalized spacial score (nSPS) is 10.8. The Kier molecular flexibility index (Phi) is 5.80. The summed E-state index contributed by atoms with van der Waals surface area (Å²) in [4.78, 5) is 12.2. The minimum Gasteiger partial charge on any atom is -0.495 e. The molecule has 2 aromatic rings. The Hall–Kier alpha value is -2.29. The third kappa shape index (κ3) is 4.35. The Bertz CT molecular complexity index is 812. The van der Waals surface area contributed by atoms with Gasteiger partial charge in [-0.25, -0.2) is 0 Å². The number of nitrogens with zero attached hydrogens (tertiary/aromatic N) is 1. The quantitative estimate of drug-likeness (QED) is 0.609. The number of amides is 1. The highest BCUT2D eigenvalue weighted by Gasteiger charge is 2.11. The lowest BCUT2D eigenvalue weighted by molar-refractivity contribution is -0.112. The molecule has 0 aromatic heterocycles. The third-order valence-corrected chi connectivity index (χ3v) is 3.96. The highest BCUT2D eigenvalue weighted by atomic mass is 79.9. The summed E-state index contributed by atoms with van der Waals surface area (Å²) in [7, 11) is 1.52. The van der Waals surface area contributed by atoms with Crippen molar-refractivity contribution in [2.45, 2.75) is 0 Å². The molecule has 6 heteroatoms. The summed E-state index contributed by atoms with van der Waals surface area (Å²) in [6.07, 6.45) is 1.47. The fourth-order valence-electron chi connectivity index (χ4n) is 1.84. The van der Waals surface area contributed by atoms with Crippen molar-refractivity contribution >= 4 is 45.2 Å². The molecule has 0 aliphatic heterocycles. The summed E-state index contributed by atoms with van der Waals surface area (Å²) in [5, 5.41) is 12.3. The summed E-state index contributed by atoms with van der Waals surface area (Å²) in [6.45, 7) is 0. The van der Waals surface area contributed by atoms with Crippen LogP contribution in [0.15, 0.2) is 52.5 Å². The molecule has 0 unspecified atom stereocenters. The Balaban J connectivity index is 2.25. The number of benzene rings is 2. The average molecular weight is 392 g/mol. The molecule has 0 bridgehead atoms. The summed E-state index contributed by atoms with van der Waals surface area (Å²) >= 11 is 9.38. The van der Waals surface area contributed by atoms with Crippen molar-refractivity contribution in [1.29, 1.82) is 5.26 Å². The topological polar surface area (TPSA) is 62.1 Å². The molecule has 2 rings (SSSR count). The van der Waals surface area contributed by atoms with Crippen molar-refractivity contribution in [1.82, 2.24) is 0 Å². The predicted molar refractivity (Wildman–Crippen MR) is 94.4 cm³/mol. The second-order valence-corrected chi connectivity index (χ2v) is 5.76. The Morgan fingerprint density at radius 2 is 2.09 bits per heavy atom. The smallest absolute Gasteiger partial charge is 0.266 e. The molecule has 0 spiro atoms. The van der Waals surface area contributed by atoms with Crippen molar-refractivity contribution in [2.24, 2.45) is 0 Å². The van der Waals surface area contributed by atoms with E-state index in [0.717, 1.165) is 4.47 Å². The number of hydrogen-bond donors (Lipinski definition) is 1. The number of para-hydroxylation sites is 1. The van der Waals surface area contributed by atoms with Gasteiger partial charge < -0.3 is 10.1 Å². The molecule has 23 heavy (non-hydrogen) atoms. The molecule has 0 aliphatic carbocycles. The minimum atomic E-state index is -0.494. The number of carbonyl (C=O) groups excluding carboxylic acids is 1.